The molecule has 0 nitrogen and oxygen atoms in total. The predicted octanol–water partition coefficient (Wildman–Crippen LogP) is 2.91. The highest BCUT2D eigenvalue weighted by Crippen LogP contribution is 2.27. The van der Waals surface area contributed by atoms with Gasteiger partial charge in [0.25, 0.3) is 0 Å². The maximum absolute atomic E-state index is 12.9. The largest absolute Gasteiger partial charge is 0.293 e. The normalized spacial score (nSPS) is 18.4. The van der Waals surface area contributed by atoms with Gasteiger partial charge in [0.1, 0.15) is 5.82 Å². The molecule has 1 fully saturated rings. The van der Waals surface area contributed by atoms with Gasteiger partial charge in [-0.2, -0.15) is 0 Å². The standard InChI is InChI=1S/C12H15BF/c14-12-8-4-7-11(9-12)13-10-5-2-1-3-6-10/h4,7-10H,1-3,5-6H2/q-1. The molecule has 74 valence electrons. The van der Waals surface area contributed by atoms with E-state index in [-0.39, 0.29) is 5.82 Å². The molecule has 2 heteroatoms. The van der Waals surface area contributed by atoms with Crippen molar-refractivity contribution in [1.29, 1.82) is 0 Å². The van der Waals surface area contributed by atoms with Crippen LogP contribution in [0.1, 0.15) is 32.1 Å². The zero-order valence-corrected chi connectivity index (χ0v) is 8.38. The molecule has 2 radical (unpaired) electrons. The van der Waals surface area contributed by atoms with Crippen molar-refractivity contribution in [3.8, 4) is 0 Å². The van der Waals surface area contributed by atoms with Crippen LogP contribution in [-0.2, 0) is 0 Å². The second kappa shape index (κ2) is 4.63. The molecule has 1 aliphatic rings. The molecule has 0 saturated heterocycles. The monoisotopic (exact) mass is 189 g/mol. The molecule has 0 N–H and O–H groups in total. The van der Waals surface area contributed by atoms with E-state index in [1.54, 1.807) is 12.1 Å². The third-order valence-electron chi connectivity index (χ3n) is 2.93. The summed E-state index contributed by atoms with van der Waals surface area (Å²) in [5.74, 6) is 0.542. The summed E-state index contributed by atoms with van der Waals surface area (Å²) in [7, 11) is 2.22. The minimum atomic E-state index is -0.130. The van der Waals surface area contributed by atoms with Crippen LogP contribution in [-0.4, -0.2) is 7.28 Å². The van der Waals surface area contributed by atoms with Crippen LogP contribution in [0.4, 0.5) is 4.39 Å². The Morgan fingerprint density at radius 1 is 1.14 bits per heavy atom. The van der Waals surface area contributed by atoms with Crippen LogP contribution in [0.5, 0.6) is 0 Å². The van der Waals surface area contributed by atoms with Gasteiger partial charge in [0, 0.05) is 0 Å². The highest BCUT2D eigenvalue weighted by Gasteiger charge is 2.04. The van der Waals surface area contributed by atoms with Crippen molar-refractivity contribution >= 4 is 12.7 Å². The molecule has 1 aliphatic carbocycles. The van der Waals surface area contributed by atoms with Gasteiger partial charge in [-0.1, -0.05) is 44.2 Å². The Hall–Kier alpha value is -0.785. The van der Waals surface area contributed by atoms with Gasteiger partial charge in [0.05, 0.1) is 0 Å². The molecule has 0 unspecified atom stereocenters. The zero-order chi connectivity index (χ0) is 9.80. The Morgan fingerprint density at radius 2 is 1.93 bits per heavy atom. The van der Waals surface area contributed by atoms with Crippen molar-refractivity contribution in [1.82, 2.24) is 0 Å². The molecule has 2 rings (SSSR count). The van der Waals surface area contributed by atoms with Crippen LogP contribution in [0.3, 0.4) is 0 Å². The van der Waals surface area contributed by atoms with Gasteiger partial charge in [-0.25, -0.2) is 10.2 Å². The first-order valence-electron chi connectivity index (χ1n) is 5.45. The maximum Gasteiger partial charge on any atom is 0.119 e. The van der Waals surface area contributed by atoms with Crippen molar-refractivity contribution in [2.45, 2.75) is 37.9 Å². The quantitative estimate of drug-likeness (QED) is 0.627. The third kappa shape index (κ3) is 2.60. The summed E-state index contributed by atoms with van der Waals surface area (Å²) in [4.78, 5) is 0. The smallest absolute Gasteiger partial charge is 0.119 e. The van der Waals surface area contributed by atoms with E-state index in [0.717, 1.165) is 5.46 Å². The van der Waals surface area contributed by atoms with Crippen LogP contribution < -0.4 is 5.46 Å². The molecule has 0 amide bonds. The van der Waals surface area contributed by atoms with Crippen LogP contribution in [0, 0.1) is 5.82 Å². The van der Waals surface area contributed by atoms with Crippen molar-refractivity contribution in [3.63, 3.8) is 0 Å². The highest BCUT2D eigenvalue weighted by molar-refractivity contribution is 6.54. The summed E-state index contributed by atoms with van der Waals surface area (Å²) in [5, 5.41) is 0. The van der Waals surface area contributed by atoms with Crippen molar-refractivity contribution < 1.29 is 4.39 Å². The lowest BCUT2D eigenvalue weighted by molar-refractivity contribution is 0.502. The fourth-order valence-electron chi connectivity index (χ4n) is 2.18. The molecule has 0 bridgehead atoms. The Bertz CT molecular complexity index is 292. The van der Waals surface area contributed by atoms with E-state index in [1.165, 1.54) is 38.2 Å². The van der Waals surface area contributed by atoms with E-state index in [1.807, 2.05) is 6.07 Å². The number of halogens is 1. The molecule has 1 saturated carbocycles. The topological polar surface area (TPSA) is 0 Å². The zero-order valence-electron chi connectivity index (χ0n) is 8.38. The number of hydrogen-bond donors (Lipinski definition) is 0. The van der Waals surface area contributed by atoms with Crippen molar-refractivity contribution in [3.05, 3.63) is 30.1 Å². The van der Waals surface area contributed by atoms with E-state index < -0.39 is 0 Å². The Balaban J connectivity index is 1.95. The molecule has 0 aliphatic heterocycles. The summed E-state index contributed by atoms with van der Waals surface area (Å²) < 4.78 is 12.9. The van der Waals surface area contributed by atoms with E-state index in [0.29, 0.717) is 5.82 Å². The van der Waals surface area contributed by atoms with Crippen LogP contribution >= 0.6 is 0 Å². The number of hydrogen-bond acceptors (Lipinski definition) is 0. The van der Waals surface area contributed by atoms with E-state index >= 15 is 0 Å². The molecular formula is C12H15BF-. The molecule has 0 spiro atoms. The third-order valence-corrected chi connectivity index (χ3v) is 2.93. The molecule has 0 heterocycles. The minimum Gasteiger partial charge on any atom is -0.293 e. The summed E-state index contributed by atoms with van der Waals surface area (Å²) >= 11 is 0. The van der Waals surface area contributed by atoms with Gasteiger partial charge in [-0.3, -0.25) is 12.7 Å². The van der Waals surface area contributed by atoms with E-state index in [2.05, 4.69) is 7.28 Å². The van der Waals surface area contributed by atoms with Gasteiger partial charge in [-0.05, 0) is 6.07 Å². The van der Waals surface area contributed by atoms with Crippen LogP contribution in [0.15, 0.2) is 24.3 Å². The van der Waals surface area contributed by atoms with Crippen LogP contribution in [0.25, 0.3) is 0 Å². The maximum atomic E-state index is 12.9. The van der Waals surface area contributed by atoms with Crippen molar-refractivity contribution in [2.24, 2.45) is 0 Å². The van der Waals surface area contributed by atoms with Crippen molar-refractivity contribution in [2.75, 3.05) is 0 Å². The van der Waals surface area contributed by atoms with E-state index in [9.17, 15) is 4.39 Å². The molecule has 14 heavy (non-hydrogen) atoms. The number of rotatable bonds is 2. The fourth-order valence-corrected chi connectivity index (χ4v) is 2.18. The average Bonchev–Trinajstić information content (AvgIpc) is 2.19. The first kappa shape index (κ1) is 9.76. The van der Waals surface area contributed by atoms with Gasteiger partial charge in [-0.15, -0.1) is 6.07 Å². The van der Waals surface area contributed by atoms with Gasteiger partial charge >= 0.3 is 0 Å². The summed E-state index contributed by atoms with van der Waals surface area (Å²) in [6.45, 7) is 0. The second-order valence-electron chi connectivity index (χ2n) is 4.12. The summed E-state index contributed by atoms with van der Waals surface area (Å²) in [6, 6.07) is 6.88. The van der Waals surface area contributed by atoms with Gasteiger partial charge in [0.2, 0.25) is 0 Å². The van der Waals surface area contributed by atoms with Gasteiger partial charge < -0.3 is 0 Å². The Morgan fingerprint density at radius 3 is 2.64 bits per heavy atom. The summed E-state index contributed by atoms with van der Waals surface area (Å²) in [5.41, 5.74) is 1.04. The molecule has 0 aromatic heterocycles. The minimum absolute atomic E-state index is 0.130. The van der Waals surface area contributed by atoms with E-state index in [4.69, 9.17) is 0 Å². The second-order valence-corrected chi connectivity index (χ2v) is 4.12. The lowest BCUT2D eigenvalue weighted by Gasteiger charge is -2.33. The predicted molar refractivity (Wildman–Crippen MR) is 58.6 cm³/mol. The van der Waals surface area contributed by atoms with Gasteiger partial charge in [0.15, 0.2) is 0 Å². The first-order valence-corrected chi connectivity index (χ1v) is 5.45. The molecule has 1 aromatic carbocycles. The lowest BCUT2D eigenvalue weighted by Crippen LogP contribution is -2.21. The number of benzene rings is 1. The Kier molecular flexibility index (Phi) is 3.23. The SMILES string of the molecule is Fc1cccc([B-]C2CCCCC2)c1. The fraction of sp³-hybridized carbons (Fsp3) is 0.500. The molecular weight excluding hydrogens is 174 g/mol. The summed E-state index contributed by atoms with van der Waals surface area (Å²) in [6.07, 6.45) is 6.58. The van der Waals surface area contributed by atoms with Crippen LogP contribution in [0.2, 0.25) is 5.82 Å². The average molecular weight is 189 g/mol. The lowest BCUT2D eigenvalue weighted by atomic mass is 9.55. The molecule has 1 aromatic rings. The first-order chi connectivity index (χ1) is 6.84. The highest BCUT2D eigenvalue weighted by atomic mass is 19.1. The Labute approximate surface area is 85.8 Å². The molecule has 0 atom stereocenters.